The molecule has 48 heavy (non-hydrogen) atoms. The second-order valence-corrected chi connectivity index (χ2v) is 27.9. The molecule has 244 valence electrons. The van der Waals surface area contributed by atoms with Crippen LogP contribution in [0.25, 0.3) is 11.1 Å². The number of benzene rings is 5. The molecule has 5 aromatic carbocycles. The molecule has 1 heterocycles. The monoisotopic (exact) mass is 736 g/mol. The molecule has 2 atom stereocenters. The first-order chi connectivity index (χ1) is 23.7. The van der Waals surface area contributed by atoms with Crippen molar-refractivity contribution in [1.82, 2.24) is 0 Å². The third kappa shape index (κ3) is 6.52. The Bertz CT molecular complexity index is 1690. The number of hydrogen-bond donors (Lipinski definition) is 0. The number of unbranched alkanes of at least 4 members (excludes halogenated alkanes) is 3. The molecule has 1 aliphatic rings. The van der Waals surface area contributed by atoms with E-state index in [1.165, 1.54) is 74.0 Å². The van der Waals surface area contributed by atoms with Gasteiger partial charge in [0.05, 0.1) is 0 Å². The van der Waals surface area contributed by atoms with Crippen LogP contribution in [0.1, 0.15) is 87.4 Å². The van der Waals surface area contributed by atoms with E-state index in [4.69, 9.17) is 0 Å². The molecule has 1 aliphatic heterocycles. The van der Waals surface area contributed by atoms with E-state index in [2.05, 4.69) is 172 Å². The summed E-state index contributed by atoms with van der Waals surface area (Å²) in [5, 5.41) is 0. The molecule has 5 aromatic rings. The fourth-order valence-corrected chi connectivity index (χ4v) is 31.1. The van der Waals surface area contributed by atoms with Gasteiger partial charge in [0.2, 0.25) is 0 Å². The first-order valence-electron chi connectivity index (χ1n) is 18.7. The summed E-state index contributed by atoms with van der Waals surface area (Å²) in [6, 6.07) is 58.6. The van der Waals surface area contributed by atoms with Gasteiger partial charge in [0.1, 0.15) is 0 Å². The molecule has 0 N–H and O–H groups in total. The van der Waals surface area contributed by atoms with Crippen molar-refractivity contribution in [2.75, 3.05) is 0 Å². The zero-order chi connectivity index (χ0) is 33.2. The fraction of sp³-hybridized carbons (Fsp3) is 0.304. The van der Waals surface area contributed by atoms with Gasteiger partial charge < -0.3 is 0 Å². The summed E-state index contributed by atoms with van der Waals surface area (Å²) in [6.07, 6.45) is 7.77. The normalized spacial score (nSPS) is 18.0. The molecule has 0 radical (unpaired) electrons. The average Bonchev–Trinajstić information content (AvgIpc) is 3.50. The van der Waals surface area contributed by atoms with Gasteiger partial charge >= 0.3 is 297 Å². The molecule has 0 fully saturated rings. The van der Waals surface area contributed by atoms with Crippen molar-refractivity contribution in [3.8, 4) is 0 Å². The van der Waals surface area contributed by atoms with E-state index in [9.17, 15) is 0 Å². The van der Waals surface area contributed by atoms with Crippen LogP contribution >= 0.6 is 0 Å². The van der Waals surface area contributed by atoms with Crippen LogP contribution in [-0.2, 0) is 3.33 Å². The number of rotatable bonds is 15. The predicted octanol–water partition coefficient (Wildman–Crippen LogP) is 12.2. The van der Waals surface area contributed by atoms with Gasteiger partial charge in [0.25, 0.3) is 0 Å². The molecule has 0 aromatic heterocycles. The van der Waals surface area contributed by atoms with Crippen LogP contribution in [0.2, 0.25) is 13.3 Å². The van der Waals surface area contributed by atoms with Gasteiger partial charge in [-0.05, 0) is 0 Å². The predicted molar refractivity (Wildman–Crippen MR) is 214 cm³/mol. The fourth-order valence-electron chi connectivity index (χ4n) is 9.43. The van der Waals surface area contributed by atoms with E-state index in [0.717, 1.165) is 0 Å². The molecular formula is C46H53BSn. The topological polar surface area (TPSA) is 0 Å². The third-order valence-electron chi connectivity index (χ3n) is 11.3. The quantitative estimate of drug-likeness (QED) is 0.0940. The van der Waals surface area contributed by atoms with Crippen LogP contribution in [0.15, 0.2) is 152 Å². The Labute approximate surface area is 295 Å². The second-order valence-electron chi connectivity index (χ2n) is 14.1. The van der Waals surface area contributed by atoms with E-state index >= 15 is 0 Å². The third-order valence-corrected chi connectivity index (χ3v) is 29.8. The Morgan fingerprint density at radius 1 is 0.500 bits per heavy atom. The Morgan fingerprint density at radius 3 is 1.40 bits per heavy atom. The van der Waals surface area contributed by atoms with Crippen LogP contribution in [0.4, 0.5) is 0 Å². The summed E-state index contributed by atoms with van der Waals surface area (Å²) in [5.74, 6) is 0.229. The zero-order valence-corrected chi connectivity index (χ0v) is 32.3. The Morgan fingerprint density at radius 2 is 0.917 bits per heavy atom. The van der Waals surface area contributed by atoms with Gasteiger partial charge in [-0.15, -0.1) is 0 Å². The summed E-state index contributed by atoms with van der Waals surface area (Å²) >= 11 is -3.37. The van der Waals surface area contributed by atoms with Gasteiger partial charge in [-0.2, -0.15) is 0 Å². The summed E-state index contributed by atoms with van der Waals surface area (Å²) in [7, 11) is 0. The standard InChI is InChI=1S/C34H26B.3C4H9.Sn/c1-6-16-26(17-7-1)31-32(27-18-8-2-9-19-27)34(29-22-12-4-13-23-29)35(30-24-14-5-15-25-30)33(31)28-20-10-3-11-21-28;3*1-3-4-2;/h1-25,33H;3*1,3-4H2,2H3;/t33-;;;;/m0..../s1. The van der Waals surface area contributed by atoms with Crippen molar-refractivity contribution in [3.63, 3.8) is 0 Å². The molecular weight excluding hydrogens is 682 g/mol. The van der Waals surface area contributed by atoms with Crippen LogP contribution in [-0.4, -0.2) is 25.1 Å². The second kappa shape index (κ2) is 16.4. The van der Waals surface area contributed by atoms with Crippen LogP contribution in [0.3, 0.4) is 0 Å². The molecule has 0 bridgehead atoms. The zero-order valence-electron chi connectivity index (χ0n) is 29.5. The van der Waals surface area contributed by atoms with E-state index in [1.54, 1.807) is 16.7 Å². The first-order valence-corrected chi connectivity index (χ1v) is 26.2. The maximum absolute atomic E-state index is 3.37. The van der Waals surface area contributed by atoms with Crippen molar-refractivity contribution in [2.24, 2.45) is 0 Å². The van der Waals surface area contributed by atoms with E-state index < -0.39 is 18.4 Å². The van der Waals surface area contributed by atoms with E-state index in [1.807, 2.05) is 0 Å². The molecule has 0 nitrogen and oxygen atoms in total. The van der Waals surface area contributed by atoms with Crippen molar-refractivity contribution < 1.29 is 0 Å². The Balaban J connectivity index is 1.89. The minimum absolute atomic E-state index is 0.0656. The molecule has 0 aliphatic carbocycles. The van der Waals surface area contributed by atoms with Gasteiger partial charge in [0.15, 0.2) is 0 Å². The van der Waals surface area contributed by atoms with E-state index in [-0.39, 0.29) is 9.15 Å². The molecule has 0 saturated carbocycles. The van der Waals surface area contributed by atoms with Crippen molar-refractivity contribution in [1.29, 1.82) is 0 Å². The summed E-state index contributed by atoms with van der Waals surface area (Å²) in [5.41, 5.74) is 10.5. The average molecular weight is 735 g/mol. The molecule has 1 unspecified atom stereocenters. The summed E-state index contributed by atoms with van der Waals surface area (Å²) in [6.45, 7) is 7.57. The first kappa shape index (κ1) is 34.6. The Kier molecular flexibility index (Phi) is 11.8. The maximum atomic E-state index is 2.55. The van der Waals surface area contributed by atoms with Crippen molar-refractivity contribution >= 4 is 41.7 Å². The van der Waals surface area contributed by atoms with Crippen molar-refractivity contribution in [3.05, 3.63) is 174 Å². The van der Waals surface area contributed by atoms with Gasteiger partial charge in [0, 0.05) is 0 Å². The Hall–Kier alpha value is -3.30. The molecule has 2 heteroatoms. The van der Waals surface area contributed by atoms with Gasteiger partial charge in [-0.25, -0.2) is 0 Å². The van der Waals surface area contributed by atoms with Crippen molar-refractivity contribution in [2.45, 2.75) is 81.8 Å². The molecule has 6 rings (SSSR count). The minimum atomic E-state index is -3.37. The molecule has 0 amide bonds. The van der Waals surface area contributed by atoms with E-state index in [0.29, 0.717) is 6.71 Å². The summed E-state index contributed by atoms with van der Waals surface area (Å²) < 4.78 is 4.24. The van der Waals surface area contributed by atoms with Crippen LogP contribution in [0, 0.1) is 0 Å². The number of hydrogen-bond acceptors (Lipinski definition) is 0. The summed E-state index contributed by atoms with van der Waals surface area (Å²) in [4.78, 5) is 0. The van der Waals surface area contributed by atoms with Crippen LogP contribution in [0.5, 0.6) is 0 Å². The number of allylic oxidation sites excluding steroid dienone is 2. The SMILES string of the molecule is CCC[CH2][Sn]([CH2]CCC)([CH2]CCC)[C]1(c2ccccc2)B(c2ccccc2)[C@@H](c2ccccc2)C(c2ccccc2)=C1c1ccccc1. The molecule has 0 saturated heterocycles. The van der Waals surface area contributed by atoms with Gasteiger partial charge in [-0.3, -0.25) is 0 Å². The molecule has 0 spiro atoms. The van der Waals surface area contributed by atoms with Gasteiger partial charge in [-0.1, -0.05) is 0 Å². The van der Waals surface area contributed by atoms with Crippen LogP contribution < -0.4 is 5.46 Å².